The summed E-state index contributed by atoms with van der Waals surface area (Å²) in [6, 6.07) is 8.70. The number of hydrogen-bond donors (Lipinski definition) is 1. The van der Waals surface area contributed by atoms with Gasteiger partial charge in [0.2, 0.25) is 21.8 Å². The maximum Gasteiger partial charge on any atom is 0.244 e. The van der Waals surface area contributed by atoms with E-state index in [1.807, 2.05) is 0 Å². The highest BCUT2D eigenvalue weighted by Gasteiger charge is 2.30. The van der Waals surface area contributed by atoms with E-state index in [4.69, 9.17) is 23.2 Å². The normalized spacial score (nSPS) is 12.2. The van der Waals surface area contributed by atoms with E-state index in [0.717, 1.165) is 22.7 Å². The Balaban J connectivity index is 2.41. The monoisotopic (exact) mass is 503 g/mol. The van der Waals surface area contributed by atoms with Crippen LogP contribution in [0.2, 0.25) is 10.0 Å². The Morgan fingerprint density at radius 1 is 1.16 bits per heavy atom. The first kappa shape index (κ1) is 25.9. The van der Waals surface area contributed by atoms with Crippen molar-refractivity contribution in [1.29, 1.82) is 0 Å². The van der Waals surface area contributed by atoms with E-state index in [2.05, 4.69) is 5.32 Å². The average Bonchev–Trinajstić information content (AvgIpc) is 2.70. The van der Waals surface area contributed by atoms with Gasteiger partial charge in [-0.3, -0.25) is 13.9 Å². The summed E-state index contributed by atoms with van der Waals surface area (Å²) in [5.41, 5.74) is 0.521. The molecule has 0 spiro atoms. The van der Waals surface area contributed by atoms with Crippen molar-refractivity contribution in [2.24, 2.45) is 0 Å². The minimum atomic E-state index is -3.93. The number of anilines is 1. The van der Waals surface area contributed by atoms with Gasteiger partial charge in [-0.2, -0.15) is 0 Å². The first-order chi connectivity index (χ1) is 14.9. The van der Waals surface area contributed by atoms with Crippen molar-refractivity contribution in [2.45, 2.75) is 26.4 Å². The predicted octanol–water partition coefficient (Wildman–Crippen LogP) is 3.45. The van der Waals surface area contributed by atoms with Gasteiger partial charge < -0.3 is 10.2 Å². The van der Waals surface area contributed by atoms with Gasteiger partial charge in [0.15, 0.2) is 0 Å². The summed E-state index contributed by atoms with van der Waals surface area (Å²) < 4.78 is 39.2. The van der Waals surface area contributed by atoms with Crippen LogP contribution in [-0.2, 0) is 26.2 Å². The molecule has 0 unspecified atom stereocenters. The molecule has 0 aliphatic carbocycles. The zero-order valence-electron chi connectivity index (χ0n) is 17.8. The quantitative estimate of drug-likeness (QED) is 0.567. The Kier molecular flexibility index (Phi) is 8.89. The summed E-state index contributed by atoms with van der Waals surface area (Å²) >= 11 is 12.2. The third-order valence-electron chi connectivity index (χ3n) is 4.65. The molecule has 0 bridgehead atoms. The fraction of sp³-hybridized carbons (Fsp3) is 0.333. The van der Waals surface area contributed by atoms with E-state index in [1.165, 1.54) is 30.0 Å². The summed E-state index contributed by atoms with van der Waals surface area (Å²) in [6.45, 7) is 2.93. The molecule has 32 heavy (non-hydrogen) atoms. The molecule has 1 atom stereocenters. The second kappa shape index (κ2) is 11.0. The molecule has 0 aliphatic heterocycles. The number of sulfonamides is 1. The molecule has 0 heterocycles. The third-order valence-corrected chi connectivity index (χ3v) is 6.38. The van der Waals surface area contributed by atoms with Crippen LogP contribution in [-0.4, -0.2) is 50.5 Å². The van der Waals surface area contributed by atoms with Gasteiger partial charge in [-0.25, -0.2) is 12.8 Å². The fourth-order valence-corrected chi connectivity index (χ4v) is 4.29. The van der Waals surface area contributed by atoms with E-state index < -0.39 is 40.2 Å². The first-order valence-corrected chi connectivity index (χ1v) is 12.3. The Hall–Kier alpha value is -2.36. The van der Waals surface area contributed by atoms with Crippen LogP contribution in [0.3, 0.4) is 0 Å². The molecule has 2 aromatic carbocycles. The molecule has 174 valence electrons. The second-order valence-corrected chi connectivity index (χ2v) is 9.83. The zero-order valence-corrected chi connectivity index (χ0v) is 20.1. The van der Waals surface area contributed by atoms with Crippen LogP contribution in [0.15, 0.2) is 42.5 Å². The smallest absolute Gasteiger partial charge is 0.244 e. The second-order valence-electron chi connectivity index (χ2n) is 7.08. The Labute approximate surface area is 197 Å². The molecular weight excluding hydrogens is 480 g/mol. The van der Waals surface area contributed by atoms with Crippen LogP contribution in [0.25, 0.3) is 0 Å². The molecule has 2 amide bonds. The molecule has 0 aromatic heterocycles. The summed E-state index contributed by atoms with van der Waals surface area (Å²) in [5, 5.41) is 3.34. The van der Waals surface area contributed by atoms with Crippen molar-refractivity contribution in [1.82, 2.24) is 10.2 Å². The van der Waals surface area contributed by atoms with Gasteiger partial charge in [-0.05, 0) is 49.7 Å². The number of halogens is 3. The predicted molar refractivity (Wildman–Crippen MR) is 124 cm³/mol. The number of carbonyl (C=O) groups excluding carboxylic acids is 2. The van der Waals surface area contributed by atoms with E-state index in [-0.39, 0.29) is 12.2 Å². The lowest BCUT2D eigenvalue weighted by Crippen LogP contribution is -2.51. The number of nitrogens with zero attached hydrogens (tertiary/aromatic N) is 2. The number of rotatable bonds is 9. The average molecular weight is 504 g/mol. The summed E-state index contributed by atoms with van der Waals surface area (Å²) in [4.78, 5) is 27.0. The van der Waals surface area contributed by atoms with E-state index in [9.17, 15) is 22.4 Å². The SMILES string of the molecule is CCNC(=O)[C@@H](C)N(Cc1ccc(Cl)cc1Cl)C(=O)CN(c1cccc(F)c1)S(C)(=O)=O. The van der Waals surface area contributed by atoms with Gasteiger partial charge in [0, 0.05) is 23.1 Å². The van der Waals surface area contributed by atoms with Crippen LogP contribution < -0.4 is 9.62 Å². The summed E-state index contributed by atoms with van der Waals surface area (Å²) in [7, 11) is -3.93. The Bertz CT molecular complexity index is 1100. The number of nitrogens with one attached hydrogen (secondary N) is 1. The molecule has 0 radical (unpaired) electrons. The van der Waals surface area contributed by atoms with Crippen molar-refractivity contribution >= 4 is 50.7 Å². The lowest BCUT2D eigenvalue weighted by atomic mass is 10.1. The molecule has 7 nitrogen and oxygen atoms in total. The Morgan fingerprint density at radius 2 is 1.84 bits per heavy atom. The van der Waals surface area contributed by atoms with Crippen molar-refractivity contribution in [3.63, 3.8) is 0 Å². The molecule has 2 rings (SSSR count). The Morgan fingerprint density at radius 3 is 2.41 bits per heavy atom. The van der Waals surface area contributed by atoms with Crippen molar-refractivity contribution in [3.8, 4) is 0 Å². The van der Waals surface area contributed by atoms with Crippen LogP contribution in [0, 0.1) is 5.82 Å². The maximum absolute atomic E-state index is 13.7. The molecule has 11 heteroatoms. The lowest BCUT2D eigenvalue weighted by molar-refractivity contribution is -0.139. The molecule has 0 fully saturated rings. The fourth-order valence-electron chi connectivity index (χ4n) is 2.98. The van der Waals surface area contributed by atoms with Crippen molar-refractivity contribution in [3.05, 3.63) is 63.9 Å². The first-order valence-electron chi connectivity index (χ1n) is 9.68. The van der Waals surface area contributed by atoms with Crippen molar-refractivity contribution < 1.29 is 22.4 Å². The van der Waals surface area contributed by atoms with Gasteiger partial charge in [-0.1, -0.05) is 35.3 Å². The van der Waals surface area contributed by atoms with Gasteiger partial charge in [0.05, 0.1) is 11.9 Å². The van der Waals surface area contributed by atoms with Gasteiger partial charge in [0.25, 0.3) is 0 Å². The highest BCUT2D eigenvalue weighted by molar-refractivity contribution is 7.92. The largest absolute Gasteiger partial charge is 0.355 e. The van der Waals surface area contributed by atoms with Crippen LogP contribution in [0.5, 0.6) is 0 Å². The van der Waals surface area contributed by atoms with Crippen LogP contribution in [0.1, 0.15) is 19.4 Å². The molecule has 0 saturated carbocycles. The van der Waals surface area contributed by atoms with Crippen LogP contribution >= 0.6 is 23.2 Å². The number of amides is 2. The zero-order chi connectivity index (χ0) is 24.1. The topological polar surface area (TPSA) is 86.8 Å². The molecule has 0 aliphatic rings. The molecule has 2 aromatic rings. The number of carbonyl (C=O) groups is 2. The van der Waals surface area contributed by atoms with Gasteiger partial charge in [-0.15, -0.1) is 0 Å². The summed E-state index contributed by atoms with van der Waals surface area (Å²) in [5.74, 6) is -1.73. The standard InChI is InChI=1S/C21H24Cl2FN3O4S/c1-4-25-21(29)14(2)26(12-15-8-9-16(22)10-19(15)23)20(28)13-27(32(3,30)31)18-7-5-6-17(24)11-18/h5-11,14H,4,12-13H2,1-3H3,(H,25,29)/t14-/m1/s1. The summed E-state index contributed by atoms with van der Waals surface area (Å²) in [6.07, 6.45) is 0.915. The van der Waals surface area contributed by atoms with Gasteiger partial charge in [0.1, 0.15) is 18.4 Å². The minimum absolute atomic E-state index is 0.00371. The minimum Gasteiger partial charge on any atom is -0.355 e. The highest BCUT2D eigenvalue weighted by atomic mass is 35.5. The highest BCUT2D eigenvalue weighted by Crippen LogP contribution is 2.24. The number of hydrogen-bond acceptors (Lipinski definition) is 4. The third kappa shape index (κ3) is 6.82. The lowest BCUT2D eigenvalue weighted by Gasteiger charge is -2.31. The molecule has 1 N–H and O–H groups in total. The van der Waals surface area contributed by atoms with E-state index >= 15 is 0 Å². The molecular formula is C21H24Cl2FN3O4S. The van der Waals surface area contributed by atoms with Crippen molar-refractivity contribution in [2.75, 3.05) is 23.7 Å². The maximum atomic E-state index is 13.7. The number of benzene rings is 2. The van der Waals surface area contributed by atoms with Gasteiger partial charge >= 0.3 is 0 Å². The molecule has 0 saturated heterocycles. The van der Waals surface area contributed by atoms with Crippen LogP contribution in [0.4, 0.5) is 10.1 Å². The number of likely N-dealkylation sites (N-methyl/N-ethyl adjacent to an activating group) is 1. The van der Waals surface area contributed by atoms with E-state index in [0.29, 0.717) is 22.2 Å². The van der Waals surface area contributed by atoms with E-state index in [1.54, 1.807) is 19.1 Å².